The molecular formula is C18H19N3O. The molecule has 4 heteroatoms. The van der Waals surface area contributed by atoms with Crippen molar-refractivity contribution >= 4 is 11.3 Å². The highest BCUT2D eigenvalue weighted by molar-refractivity contribution is 5.48. The van der Waals surface area contributed by atoms with Gasteiger partial charge in [0.25, 0.3) is 5.56 Å². The molecule has 0 aliphatic carbocycles. The highest BCUT2D eigenvalue weighted by atomic mass is 16.1. The van der Waals surface area contributed by atoms with Crippen LogP contribution in [0.1, 0.15) is 22.5 Å². The lowest BCUT2D eigenvalue weighted by molar-refractivity contribution is 0.943. The van der Waals surface area contributed by atoms with E-state index in [1.807, 2.05) is 31.2 Å². The van der Waals surface area contributed by atoms with Gasteiger partial charge in [-0.25, -0.2) is 4.98 Å². The van der Waals surface area contributed by atoms with E-state index >= 15 is 0 Å². The molecule has 3 rings (SSSR count). The first kappa shape index (κ1) is 14.3. The van der Waals surface area contributed by atoms with Crippen LogP contribution in [0.25, 0.3) is 5.65 Å². The van der Waals surface area contributed by atoms with Gasteiger partial charge in [-0.2, -0.15) is 0 Å². The smallest absolute Gasteiger partial charge is 0.258 e. The zero-order chi connectivity index (χ0) is 15.7. The Hall–Kier alpha value is -2.62. The largest absolute Gasteiger partial charge is 0.379 e. The van der Waals surface area contributed by atoms with Crippen LogP contribution in [0.3, 0.4) is 0 Å². The third-order valence-corrected chi connectivity index (χ3v) is 3.91. The molecule has 0 atom stereocenters. The molecule has 0 radical (unpaired) electrons. The van der Waals surface area contributed by atoms with Crippen molar-refractivity contribution in [1.29, 1.82) is 0 Å². The first-order valence-electron chi connectivity index (χ1n) is 7.34. The molecule has 0 bridgehead atoms. The van der Waals surface area contributed by atoms with Crippen LogP contribution in [0, 0.1) is 20.8 Å². The van der Waals surface area contributed by atoms with Crippen LogP contribution >= 0.6 is 0 Å². The van der Waals surface area contributed by atoms with Crippen molar-refractivity contribution in [2.24, 2.45) is 0 Å². The van der Waals surface area contributed by atoms with Crippen LogP contribution in [-0.4, -0.2) is 9.38 Å². The molecule has 2 heterocycles. The third kappa shape index (κ3) is 2.72. The number of aromatic nitrogens is 2. The summed E-state index contributed by atoms with van der Waals surface area (Å²) in [6.45, 7) is 6.61. The summed E-state index contributed by atoms with van der Waals surface area (Å²) in [4.78, 5) is 16.8. The Bertz CT molecular complexity index is 896. The molecule has 0 saturated heterocycles. The van der Waals surface area contributed by atoms with Gasteiger partial charge < -0.3 is 5.32 Å². The van der Waals surface area contributed by atoms with Gasteiger partial charge in [-0.1, -0.05) is 12.1 Å². The lowest BCUT2D eigenvalue weighted by Crippen LogP contribution is -2.18. The summed E-state index contributed by atoms with van der Waals surface area (Å²) in [6, 6.07) is 13.5. The second-order valence-electron chi connectivity index (χ2n) is 5.60. The van der Waals surface area contributed by atoms with Crippen LogP contribution < -0.4 is 10.9 Å². The highest BCUT2D eigenvalue weighted by Gasteiger charge is 2.04. The molecule has 2 aromatic heterocycles. The zero-order valence-corrected chi connectivity index (χ0v) is 13.1. The van der Waals surface area contributed by atoms with Gasteiger partial charge in [0.15, 0.2) is 0 Å². The van der Waals surface area contributed by atoms with E-state index in [2.05, 4.69) is 36.3 Å². The standard InChI is InChI=1S/C18H19N3O/c1-12-7-8-15(9-13(12)2)19-11-16-10-18(22)21-14(3)5-4-6-17(21)20-16/h4-10,19H,11H2,1-3H3. The van der Waals surface area contributed by atoms with Gasteiger partial charge >= 0.3 is 0 Å². The zero-order valence-electron chi connectivity index (χ0n) is 13.1. The summed E-state index contributed by atoms with van der Waals surface area (Å²) in [7, 11) is 0. The van der Waals surface area contributed by atoms with E-state index in [-0.39, 0.29) is 5.56 Å². The number of benzene rings is 1. The van der Waals surface area contributed by atoms with Gasteiger partial charge in [-0.05, 0) is 56.2 Å². The molecule has 0 amide bonds. The van der Waals surface area contributed by atoms with Gasteiger partial charge in [-0.15, -0.1) is 0 Å². The molecule has 112 valence electrons. The Balaban J connectivity index is 1.88. The Morgan fingerprint density at radius 2 is 1.86 bits per heavy atom. The Morgan fingerprint density at radius 3 is 2.64 bits per heavy atom. The maximum absolute atomic E-state index is 12.2. The Morgan fingerprint density at radius 1 is 1.05 bits per heavy atom. The number of rotatable bonds is 3. The number of fused-ring (bicyclic) bond motifs is 1. The molecule has 4 nitrogen and oxygen atoms in total. The summed E-state index contributed by atoms with van der Waals surface area (Å²) in [5.74, 6) is 0. The van der Waals surface area contributed by atoms with E-state index in [4.69, 9.17) is 0 Å². The quantitative estimate of drug-likeness (QED) is 0.806. The van der Waals surface area contributed by atoms with Crippen LogP contribution in [0.4, 0.5) is 5.69 Å². The van der Waals surface area contributed by atoms with E-state index in [1.165, 1.54) is 11.1 Å². The number of aryl methyl sites for hydroxylation is 3. The fraction of sp³-hybridized carbons (Fsp3) is 0.222. The second kappa shape index (κ2) is 5.64. The van der Waals surface area contributed by atoms with E-state index in [1.54, 1.807) is 10.5 Å². The molecule has 0 spiro atoms. The number of nitrogens with zero attached hydrogens (tertiary/aromatic N) is 2. The monoisotopic (exact) mass is 293 g/mol. The van der Waals surface area contributed by atoms with Crippen molar-refractivity contribution in [1.82, 2.24) is 9.38 Å². The summed E-state index contributed by atoms with van der Waals surface area (Å²) >= 11 is 0. The van der Waals surface area contributed by atoms with Crippen LogP contribution in [0.15, 0.2) is 47.3 Å². The normalized spacial score (nSPS) is 10.9. The molecule has 0 aliphatic rings. The van der Waals surface area contributed by atoms with Crippen molar-refractivity contribution in [3.8, 4) is 0 Å². The summed E-state index contributed by atoms with van der Waals surface area (Å²) < 4.78 is 1.62. The van der Waals surface area contributed by atoms with E-state index < -0.39 is 0 Å². The van der Waals surface area contributed by atoms with Crippen molar-refractivity contribution in [3.05, 3.63) is 75.3 Å². The summed E-state index contributed by atoms with van der Waals surface area (Å²) in [5.41, 5.74) is 5.83. The predicted octanol–water partition coefficient (Wildman–Crippen LogP) is 3.23. The molecule has 22 heavy (non-hydrogen) atoms. The predicted molar refractivity (Wildman–Crippen MR) is 89.4 cm³/mol. The maximum Gasteiger partial charge on any atom is 0.258 e. The molecule has 0 fully saturated rings. The minimum absolute atomic E-state index is 0.0417. The molecular weight excluding hydrogens is 274 g/mol. The fourth-order valence-corrected chi connectivity index (χ4v) is 2.50. The average Bonchev–Trinajstić information content (AvgIpc) is 2.48. The molecule has 3 aromatic rings. The van der Waals surface area contributed by atoms with Crippen LogP contribution in [-0.2, 0) is 6.54 Å². The molecule has 0 unspecified atom stereocenters. The fourth-order valence-electron chi connectivity index (χ4n) is 2.50. The van der Waals surface area contributed by atoms with Gasteiger partial charge in [0.2, 0.25) is 0 Å². The second-order valence-corrected chi connectivity index (χ2v) is 5.60. The first-order chi connectivity index (χ1) is 10.5. The lowest BCUT2D eigenvalue weighted by atomic mass is 10.1. The Labute approximate surface area is 129 Å². The van der Waals surface area contributed by atoms with Gasteiger partial charge in [0.1, 0.15) is 5.65 Å². The minimum Gasteiger partial charge on any atom is -0.379 e. The number of nitrogens with one attached hydrogen (secondary N) is 1. The van der Waals surface area contributed by atoms with E-state index in [0.717, 1.165) is 17.1 Å². The third-order valence-electron chi connectivity index (χ3n) is 3.91. The van der Waals surface area contributed by atoms with Crippen LogP contribution in [0.5, 0.6) is 0 Å². The van der Waals surface area contributed by atoms with Crippen molar-refractivity contribution in [2.45, 2.75) is 27.3 Å². The molecule has 1 N–H and O–H groups in total. The Kier molecular flexibility index (Phi) is 3.67. The lowest BCUT2D eigenvalue weighted by Gasteiger charge is -2.10. The topological polar surface area (TPSA) is 46.4 Å². The van der Waals surface area contributed by atoms with Gasteiger partial charge in [-0.3, -0.25) is 9.20 Å². The number of anilines is 1. The average molecular weight is 293 g/mol. The highest BCUT2D eigenvalue weighted by Crippen LogP contribution is 2.14. The van der Waals surface area contributed by atoms with Gasteiger partial charge in [0.05, 0.1) is 12.2 Å². The number of pyridine rings is 1. The minimum atomic E-state index is -0.0417. The summed E-state index contributed by atoms with van der Waals surface area (Å²) in [6.07, 6.45) is 0. The molecule has 1 aromatic carbocycles. The maximum atomic E-state index is 12.2. The van der Waals surface area contributed by atoms with E-state index in [0.29, 0.717) is 12.2 Å². The van der Waals surface area contributed by atoms with E-state index in [9.17, 15) is 4.79 Å². The van der Waals surface area contributed by atoms with Crippen molar-refractivity contribution in [3.63, 3.8) is 0 Å². The van der Waals surface area contributed by atoms with Crippen LogP contribution in [0.2, 0.25) is 0 Å². The van der Waals surface area contributed by atoms with Crippen molar-refractivity contribution < 1.29 is 0 Å². The molecule has 0 aliphatic heterocycles. The van der Waals surface area contributed by atoms with Gasteiger partial charge in [0, 0.05) is 17.4 Å². The number of hydrogen-bond acceptors (Lipinski definition) is 3. The van der Waals surface area contributed by atoms with Crippen molar-refractivity contribution in [2.75, 3.05) is 5.32 Å². The SMILES string of the molecule is Cc1ccc(NCc2cc(=O)n3c(C)cccc3n2)cc1C. The number of hydrogen-bond donors (Lipinski definition) is 1. The first-order valence-corrected chi connectivity index (χ1v) is 7.34. The molecule has 0 saturated carbocycles. The summed E-state index contributed by atoms with van der Waals surface area (Å²) in [5, 5.41) is 3.32.